The second-order valence-electron chi connectivity index (χ2n) is 9.37. The summed E-state index contributed by atoms with van der Waals surface area (Å²) in [6.45, 7) is 3.05. The van der Waals surface area contributed by atoms with Crippen molar-refractivity contribution >= 4 is 27.4 Å². The maximum Gasteiger partial charge on any atom is 0.263 e. The first-order valence-corrected chi connectivity index (χ1v) is 14.3. The van der Waals surface area contributed by atoms with Crippen LogP contribution in [0.1, 0.15) is 35.4 Å². The molecule has 0 unspecified atom stereocenters. The maximum atomic E-state index is 13.3. The van der Waals surface area contributed by atoms with Crippen LogP contribution in [0.3, 0.4) is 0 Å². The Morgan fingerprint density at radius 3 is 2.47 bits per heavy atom. The normalized spacial score (nSPS) is 13.2. The molecule has 1 N–H and O–H groups in total. The van der Waals surface area contributed by atoms with Crippen LogP contribution in [0.5, 0.6) is 17.4 Å². The van der Waals surface area contributed by atoms with E-state index in [1.54, 1.807) is 26.2 Å². The summed E-state index contributed by atoms with van der Waals surface area (Å²) in [7, 11) is 1.55. The number of aromatic nitrogens is 2. The highest BCUT2D eigenvalue weighted by Crippen LogP contribution is 2.32. The Hall–Kier alpha value is -3.08. The number of nitrogens with one attached hydrogen (secondary N) is 1. The molecule has 3 aromatic rings. The van der Waals surface area contributed by atoms with Crippen molar-refractivity contribution in [3.05, 3.63) is 63.9 Å². The highest BCUT2D eigenvalue weighted by Gasteiger charge is 2.24. The van der Waals surface area contributed by atoms with E-state index in [-0.39, 0.29) is 23.2 Å². The summed E-state index contributed by atoms with van der Waals surface area (Å²) < 4.78 is 46.6. The number of hydrogen-bond donors (Lipinski definition) is 1. The number of benzene rings is 2. The van der Waals surface area contributed by atoms with Gasteiger partial charge >= 0.3 is 0 Å². The monoisotopic (exact) mass is 560 g/mol. The van der Waals surface area contributed by atoms with Gasteiger partial charge in [-0.25, -0.2) is 18.4 Å². The molecule has 11 heteroatoms. The van der Waals surface area contributed by atoms with Crippen molar-refractivity contribution < 1.29 is 22.6 Å². The van der Waals surface area contributed by atoms with E-state index in [1.165, 1.54) is 6.07 Å². The average molecular weight is 561 g/mol. The van der Waals surface area contributed by atoms with Crippen LogP contribution in [-0.2, 0) is 29.5 Å². The van der Waals surface area contributed by atoms with Crippen molar-refractivity contribution in [1.29, 1.82) is 0 Å². The lowest BCUT2D eigenvalue weighted by atomic mass is 10.0. The van der Waals surface area contributed by atoms with Crippen molar-refractivity contribution in [3.8, 4) is 17.4 Å². The molecule has 1 aromatic heterocycles. The van der Waals surface area contributed by atoms with Crippen molar-refractivity contribution in [2.24, 2.45) is 0 Å². The number of anilines is 1. The summed E-state index contributed by atoms with van der Waals surface area (Å²) in [5, 5.41) is 0.365. The number of likely N-dealkylation sites (N-methyl/N-ethyl adjacent to an activating group) is 1. The van der Waals surface area contributed by atoms with Crippen molar-refractivity contribution in [2.75, 3.05) is 39.1 Å². The Kier molecular flexibility index (Phi) is 8.96. The minimum Gasteiger partial charge on any atom is -0.493 e. The Morgan fingerprint density at radius 1 is 1.03 bits per heavy atom. The average Bonchev–Trinajstić information content (AvgIpc) is 2.88. The summed E-state index contributed by atoms with van der Waals surface area (Å²) in [6.07, 6.45) is 3.48. The molecule has 4 rings (SSSR count). The van der Waals surface area contributed by atoms with Gasteiger partial charge < -0.3 is 19.1 Å². The van der Waals surface area contributed by atoms with Gasteiger partial charge in [0.15, 0.2) is 11.5 Å². The van der Waals surface area contributed by atoms with Crippen LogP contribution in [0.2, 0.25) is 5.02 Å². The number of hydrogen-bond acceptors (Lipinski definition) is 8. The maximum absolute atomic E-state index is 13.3. The smallest absolute Gasteiger partial charge is 0.263 e. The van der Waals surface area contributed by atoms with E-state index in [0.717, 1.165) is 49.2 Å². The number of methoxy groups -OCH3 is 1. The number of ether oxygens (including phenoxy) is 3. The van der Waals surface area contributed by atoms with Crippen LogP contribution in [0.15, 0.2) is 41.3 Å². The summed E-state index contributed by atoms with van der Waals surface area (Å²) in [4.78, 5) is 11.4. The molecule has 0 saturated heterocycles. The lowest BCUT2D eigenvalue weighted by Crippen LogP contribution is -2.19. The fourth-order valence-electron chi connectivity index (χ4n) is 4.11. The predicted molar refractivity (Wildman–Crippen MR) is 147 cm³/mol. The third-order valence-electron chi connectivity index (χ3n) is 6.23. The fourth-order valence-corrected chi connectivity index (χ4v) is 5.61. The molecular formula is C27H33ClN4O5S. The summed E-state index contributed by atoms with van der Waals surface area (Å²) >= 11 is 6.18. The lowest BCUT2D eigenvalue weighted by molar-refractivity contribution is 0.249. The Bertz CT molecular complexity index is 1400. The topological polar surface area (TPSA) is 103 Å². The molecule has 38 heavy (non-hydrogen) atoms. The highest BCUT2D eigenvalue weighted by molar-refractivity contribution is 7.92. The second-order valence-corrected chi connectivity index (χ2v) is 11.4. The first kappa shape index (κ1) is 27.9. The minimum absolute atomic E-state index is 0.0565. The third kappa shape index (κ3) is 6.67. The summed E-state index contributed by atoms with van der Waals surface area (Å²) in [5.41, 5.74) is 2.88. The van der Waals surface area contributed by atoms with E-state index >= 15 is 0 Å². The predicted octanol–water partition coefficient (Wildman–Crippen LogP) is 4.65. The quantitative estimate of drug-likeness (QED) is 0.362. The summed E-state index contributed by atoms with van der Waals surface area (Å²) in [5.74, 6) is 1.40. The highest BCUT2D eigenvalue weighted by atomic mass is 35.5. The first-order chi connectivity index (χ1) is 18.2. The molecule has 0 radical (unpaired) electrons. The van der Waals surface area contributed by atoms with Crippen LogP contribution in [-0.4, -0.2) is 57.6 Å². The van der Waals surface area contributed by atoms with Crippen LogP contribution in [0.4, 0.5) is 5.82 Å². The molecule has 1 heterocycles. The minimum atomic E-state index is -3.99. The van der Waals surface area contributed by atoms with Gasteiger partial charge in [-0.2, -0.15) is 0 Å². The van der Waals surface area contributed by atoms with Crippen LogP contribution in [0.25, 0.3) is 0 Å². The molecule has 1 aliphatic rings. The van der Waals surface area contributed by atoms with E-state index in [1.807, 2.05) is 37.2 Å². The number of halogens is 1. The Balaban J connectivity index is 1.60. The molecular weight excluding hydrogens is 528 g/mol. The van der Waals surface area contributed by atoms with Gasteiger partial charge in [0.2, 0.25) is 5.82 Å². The van der Waals surface area contributed by atoms with E-state index in [0.29, 0.717) is 28.7 Å². The van der Waals surface area contributed by atoms with Gasteiger partial charge in [0, 0.05) is 11.6 Å². The molecule has 0 spiro atoms. The number of nitrogens with zero attached hydrogens (tertiary/aromatic N) is 3. The number of aryl methyl sites for hydroxylation is 2. The zero-order chi connectivity index (χ0) is 27.3. The zero-order valence-corrected chi connectivity index (χ0v) is 23.7. The number of rotatable bonds is 11. The van der Waals surface area contributed by atoms with Gasteiger partial charge in [-0.05, 0) is 82.1 Å². The lowest BCUT2D eigenvalue weighted by Gasteiger charge is -2.19. The number of sulfonamides is 1. The molecule has 0 bridgehead atoms. The standard InChI is InChI=1S/C27H33ClN4O5S/c1-18-20(28)8-7-11-25(18)38(33,34)31-26-27(30-22-10-6-5-9-21(22)29-26)37-17-19-12-13-23(35-4)24(16-19)36-15-14-32(2)3/h7-8,11-13,16H,5-6,9-10,14-15,17H2,1-4H3,(H,29,31). The molecule has 0 saturated carbocycles. The zero-order valence-electron chi connectivity index (χ0n) is 22.1. The fraction of sp³-hybridized carbons (Fsp3) is 0.407. The van der Waals surface area contributed by atoms with E-state index in [4.69, 9.17) is 25.8 Å². The second kappa shape index (κ2) is 12.2. The van der Waals surface area contributed by atoms with Crippen LogP contribution < -0.4 is 18.9 Å². The van der Waals surface area contributed by atoms with Gasteiger partial charge in [-0.3, -0.25) is 4.72 Å². The SMILES string of the molecule is COc1ccc(COc2nc3c(nc2NS(=O)(=O)c2cccc(Cl)c2C)CCCC3)cc1OCCN(C)C. The Morgan fingerprint density at radius 2 is 1.76 bits per heavy atom. The Labute approximate surface area is 229 Å². The van der Waals surface area contributed by atoms with Crippen LogP contribution in [0, 0.1) is 6.92 Å². The summed E-state index contributed by atoms with van der Waals surface area (Å²) in [6, 6.07) is 10.3. The molecule has 0 amide bonds. The molecule has 0 aliphatic heterocycles. The van der Waals surface area contributed by atoms with E-state index in [2.05, 4.69) is 14.7 Å². The molecule has 0 atom stereocenters. The molecule has 0 fully saturated rings. The largest absolute Gasteiger partial charge is 0.493 e. The van der Waals surface area contributed by atoms with E-state index < -0.39 is 10.0 Å². The molecule has 2 aromatic carbocycles. The first-order valence-electron chi connectivity index (χ1n) is 12.4. The van der Waals surface area contributed by atoms with Gasteiger partial charge in [0.1, 0.15) is 13.2 Å². The third-order valence-corrected chi connectivity index (χ3v) is 8.13. The van der Waals surface area contributed by atoms with Crippen LogP contribution >= 0.6 is 11.6 Å². The van der Waals surface area contributed by atoms with E-state index in [9.17, 15) is 8.42 Å². The van der Waals surface area contributed by atoms with Gasteiger partial charge in [0.25, 0.3) is 15.9 Å². The van der Waals surface area contributed by atoms with Crippen molar-refractivity contribution in [1.82, 2.24) is 14.9 Å². The van der Waals surface area contributed by atoms with Gasteiger partial charge in [0.05, 0.1) is 23.4 Å². The van der Waals surface area contributed by atoms with Gasteiger partial charge in [-0.1, -0.05) is 23.7 Å². The van der Waals surface area contributed by atoms with Crippen molar-refractivity contribution in [2.45, 2.75) is 44.1 Å². The molecule has 1 aliphatic carbocycles. The number of fused-ring (bicyclic) bond motifs is 1. The molecule has 204 valence electrons. The molecule has 9 nitrogen and oxygen atoms in total. The van der Waals surface area contributed by atoms with Gasteiger partial charge in [-0.15, -0.1) is 0 Å². The van der Waals surface area contributed by atoms with Crippen molar-refractivity contribution in [3.63, 3.8) is 0 Å².